The van der Waals surface area contributed by atoms with Crippen LogP contribution in [0.2, 0.25) is 0 Å². The molecule has 3 unspecified atom stereocenters. The van der Waals surface area contributed by atoms with Gasteiger partial charge in [-0.05, 0) is 36.2 Å². The number of hydrogen-bond acceptors (Lipinski definition) is 5. The Kier molecular flexibility index (Phi) is 4.55. The molecular weight excluding hydrogens is 381 g/mol. The van der Waals surface area contributed by atoms with E-state index >= 15 is 0 Å². The van der Waals surface area contributed by atoms with Gasteiger partial charge in [0, 0.05) is 11.8 Å². The van der Waals surface area contributed by atoms with Crippen molar-refractivity contribution in [3.05, 3.63) is 60.2 Å². The van der Waals surface area contributed by atoms with Crippen LogP contribution in [0, 0.1) is 11.8 Å². The number of hydrogen-bond donors (Lipinski definition) is 3. The van der Waals surface area contributed by atoms with Crippen LogP contribution in [0.4, 0.5) is 4.39 Å². The number of aliphatic carboxylic acids is 2. The van der Waals surface area contributed by atoms with E-state index in [9.17, 15) is 19.1 Å². The van der Waals surface area contributed by atoms with Crippen LogP contribution in [0.5, 0.6) is 11.5 Å². The van der Waals surface area contributed by atoms with Gasteiger partial charge in [-0.1, -0.05) is 30.3 Å². The van der Waals surface area contributed by atoms with Gasteiger partial charge in [0.1, 0.15) is 17.0 Å². The minimum atomic E-state index is -2.60. The summed E-state index contributed by atoms with van der Waals surface area (Å²) in [7, 11) is 0. The second-order valence-corrected chi connectivity index (χ2v) is 7.49. The van der Waals surface area contributed by atoms with Crippen molar-refractivity contribution in [3.63, 3.8) is 0 Å². The minimum absolute atomic E-state index is 0.0364. The summed E-state index contributed by atoms with van der Waals surface area (Å²) in [5.41, 5.74) is 2.02. The Morgan fingerprint density at radius 1 is 1.07 bits per heavy atom. The van der Waals surface area contributed by atoms with E-state index < -0.39 is 41.1 Å². The fourth-order valence-corrected chi connectivity index (χ4v) is 4.33. The van der Waals surface area contributed by atoms with Gasteiger partial charge in [0.05, 0.1) is 12.7 Å². The molecule has 7 nitrogen and oxygen atoms in total. The van der Waals surface area contributed by atoms with Crippen molar-refractivity contribution < 1.29 is 33.7 Å². The fourth-order valence-electron chi connectivity index (χ4n) is 4.33. The van der Waals surface area contributed by atoms with E-state index in [1.807, 2.05) is 30.3 Å². The first-order valence-corrected chi connectivity index (χ1v) is 9.16. The number of rotatable bonds is 7. The predicted molar refractivity (Wildman–Crippen MR) is 99.2 cm³/mol. The Morgan fingerprint density at radius 3 is 2.41 bits per heavy atom. The minimum Gasteiger partial charge on any atom is -0.480 e. The van der Waals surface area contributed by atoms with Crippen LogP contribution < -0.4 is 10.5 Å². The average Bonchev–Trinajstić information content (AvgIpc) is 3.17. The SMILES string of the molecule is N[C@@]1(C(=O)O)C(OCc2cccc(Oc3ccccc3)c2)CC2C1[C@@]2(F)C(=O)O. The molecule has 8 heteroatoms. The first-order chi connectivity index (χ1) is 13.8. The summed E-state index contributed by atoms with van der Waals surface area (Å²) in [6.07, 6.45) is -1.05. The second kappa shape index (κ2) is 6.82. The van der Waals surface area contributed by atoms with Gasteiger partial charge in [-0.25, -0.2) is 9.18 Å². The first-order valence-electron chi connectivity index (χ1n) is 9.16. The number of ether oxygens (including phenoxy) is 2. The maximum absolute atomic E-state index is 14.6. The molecule has 4 rings (SSSR count). The zero-order valence-corrected chi connectivity index (χ0v) is 15.3. The molecule has 4 N–H and O–H groups in total. The van der Waals surface area contributed by atoms with Crippen molar-refractivity contribution in [2.75, 3.05) is 0 Å². The van der Waals surface area contributed by atoms with E-state index in [4.69, 9.17) is 20.3 Å². The summed E-state index contributed by atoms with van der Waals surface area (Å²) in [6.45, 7) is 0.0364. The Labute approximate surface area is 165 Å². The Bertz CT molecular complexity index is 953. The zero-order valence-electron chi connectivity index (χ0n) is 15.3. The molecular formula is C21H20FNO6. The van der Waals surface area contributed by atoms with Crippen LogP contribution in [-0.4, -0.2) is 39.5 Å². The molecule has 0 radical (unpaired) electrons. The molecule has 0 aliphatic heterocycles. The number of carboxylic acids is 2. The summed E-state index contributed by atoms with van der Waals surface area (Å²) in [4.78, 5) is 23.0. The molecule has 0 bridgehead atoms. The van der Waals surface area contributed by atoms with Crippen LogP contribution in [-0.2, 0) is 20.9 Å². The van der Waals surface area contributed by atoms with E-state index in [-0.39, 0.29) is 13.0 Å². The van der Waals surface area contributed by atoms with E-state index in [2.05, 4.69) is 0 Å². The fraction of sp³-hybridized carbons (Fsp3) is 0.333. The Balaban J connectivity index is 1.45. The lowest BCUT2D eigenvalue weighted by atomic mass is 9.88. The molecule has 2 saturated carbocycles. The highest BCUT2D eigenvalue weighted by Gasteiger charge is 2.85. The highest BCUT2D eigenvalue weighted by Crippen LogP contribution is 2.67. The van der Waals surface area contributed by atoms with Crippen LogP contribution in [0.25, 0.3) is 0 Å². The zero-order chi connectivity index (χ0) is 20.8. The molecule has 2 aliphatic carbocycles. The third-order valence-electron chi connectivity index (χ3n) is 5.83. The lowest BCUT2D eigenvalue weighted by molar-refractivity contribution is -0.156. The number of halogens is 1. The lowest BCUT2D eigenvalue weighted by Gasteiger charge is -2.31. The Morgan fingerprint density at radius 2 is 1.76 bits per heavy atom. The van der Waals surface area contributed by atoms with Crippen LogP contribution in [0.3, 0.4) is 0 Å². The van der Waals surface area contributed by atoms with Crippen molar-refractivity contribution in [3.8, 4) is 11.5 Å². The molecule has 2 fully saturated rings. The van der Waals surface area contributed by atoms with Gasteiger partial charge >= 0.3 is 11.9 Å². The predicted octanol–water partition coefficient (Wildman–Crippen LogP) is 2.59. The second-order valence-electron chi connectivity index (χ2n) is 7.49. The van der Waals surface area contributed by atoms with Crippen molar-refractivity contribution in [2.45, 2.75) is 30.3 Å². The van der Waals surface area contributed by atoms with E-state index in [1.165, 1.54) is 0 Å². The molecule has 0 aromatic heterocycles. The van der Waals surface area contributed by atoms with Crippen molar-refractivity contribution in [1.82, 2.24) is 0 Å². The first kappa shape index (κ1) is 19.4. The summed E-state index contributed by atoms with van der Waals surface area (Å²) >= 11 is 0. The van der Waals surface area contributed by atoms with Crippen molar-refractivity contribution in [1.29, 1.82) is 0 Å². The maximum Gasteiger partial charge on any atom is 0.342 e. The van der Waals surface area contributed by atoms with Crippen molar-refractivity contribution >= 4 is 11.9 Å². The number of nitrogens with two attached hydrogens (primary N) is 1. The van der Waals surface area contributed by atoms with Gasteiger partial charge in [-0.15, -0.1) is 0 Å². The number of fused-ring (bicyclic) bond motifs is 1. The molecule has 2 aromatic rings. The molecule has 2 aliphatic rings. The number of carboxylic acid groups (broad SMARTS) is 2. The third-order valence-corrected chi connectivity index (χ3v) is 5.83. The highest BCUT2D eigenvalue weighted by atomic mass is 19.1. The quantitative estimate of drug-likeness (QED) is 0.652. The van der Waals surface area contributed by atoms with Crippen molar-refractivity contribution in [2.24, 2.45) is 17.6 Å². The summed E-state index contributed by atoms with van der Waals surface area (Å²) in [6, 6.07) is 16.3. The van der Waals surface area contributed by atoms with E-state index in [1.54, 1.807) is 24.3 Å². The summed E-state index contributed by atoms with van der Waals surface area (Å²) in [5.74, 6) is -4.15. The number of benzene rings is 2. The average molecular weight is 401 g/mol. The topological polar surface area (TPSA) is 119 Å². The molecule has 29 heavy (non-hydrogen) atoms. The van der Waals surface area contributed by atoms with Gasteiger partial charge in [-0.3, -0.25) is 4.79 Å². The van der Waals surface area contributed by atoms with Crippen LogP contribution in [0.15, 0.2) is 54.6 Å². The van der Waals surface area contributed by atoms with Gasteiger partial charge in [0.25, 0.3) is 0 Å². The smallest absolute Gasteiger partial charge is 0.342 e. The summed E-state index contributed by atoms with van der Waals surface area (Å²) < 4.78 is 26.1. The normalized spacial score (nSPS) is 32.4. The molecule has 5 atom stereocenters. The third kappa shape index (κ3) is 3.04. The maximum atomic E-state index is 14.6. The molecule has 0 saturated heterocycles. The molecule has 0 spiro atoms. The molecule has 2 aromatic carbocycles. The van der Waals surface area contributed by atoms with Crippen LogP contribution >= 0.6 is 0 Å². The van der Waals surface area contributed by atoms with Gasteiger partial charge in [-0.2, -0.15) is 0 Å². The number of para-hydroxylation sites is 1. The van der Waals surface area contributed by atoms with Gasteiger partial charge < -0.3 is 25.4 Å². The van der Waals surface area contributed by atoms with E-state index in [0.717, 1.165) is 5.56 Å². The standard InChI is InChI=1S/C21H20FNO6/c22-20(18(24)25)15-10-16(21(23,17(15)20)19(26)27)28-11-12-5-4-8-14(9-12)29-13-6-2-1-3-7-13/h1-9,15-17H,10-11,23H2,(H,24,25)(H,26,27)/t15?,16?,17?,20-,21+/m1/s1. The number of alkyl halides is 1. The van der Waals surface area contributed by atoms with Gasteiger partial charge in [0.2, 0.25) is 5.67 Å². The Hall–Kier alpha value is -2.97. The monoisotopic (exact) mass is 401 g/mol. The largest absolute Gasteiger partial charge is 0.480 e. The molecule has 0 heterocycles. The van der Waals surface area contributed by atoms with E-state index in [0.29, 0.717) is 11.5 Å². The highest BCUT2D eigenvalue weighted by molar-refractivity contribution is 5.90. The van der Waals surface area contributed by atoms with Crippen LogP contribution in [0.1, 0.15) is 12.0 Å². The molecule has 152 valence electrons. The molecule has 0 amide bonds. The van der Waals surface area contributed by atoms with Gasteiger partial charge in [0.15, 0.2) is 0 Å². The lowest BCUT2D eigenvalue weighted by Crippen LogP contribution is -2.60. The number of carbonyl (C=O) groups is 2. The summed E-state index contributed by atoms with van der Waals surface area (Å²) in [5, 5.41) is 18.7.